The lowest BCUT2D eigenvalue weighted by molar-refractivity contribution is -0.192. The number of hydrogen-bond acceptors (Lipinski definition) is 5. The van der Waals surface area contributed by atoms with Crippen molar-refractivity contribution in [3.05, 3.63) is 70.1 Å². The summed E-state index contributed by atoms with van der Waals surface area (Å²) in [6.45, 7) is 4.86. The first kappa shape index (κ1) is 30.0. The van der Waals surface area contributed by atoms with Crippen LogP contribution in [0.15, 0.2) is 42.5 Å². The number of aryl methyl sites for hydroxylation is 2. The first-order chi connectivity index (χ1) is 20.0. The maximum Gasteiger partial charge on any atom is 0.490 e. The molecule has 12 heteroatoms. The van der Waals surface area contributed by atoms with Gasteiger partial charge in [0.25, 0.3) is 0 Å². The van der Waals surface area contributed by atoms with Crippen molar-refractivity contribution in [2.45, 2.75) is 70.3 Å². The van der Waals surface area contributed by atoms with Crippen LogP contribution in [-0.2, 0) is 11.3 Å². The molecule has 224 valence electrons. The minimum Gasteiger partial charge on any atom is -0.475 e. The highest BCUT2D eigenvalue weighted by atomic mass is 35.5. The van der Waals surface area contributed by atoms with Gasteiger partial charge >= 0.3 is 12.1 Å². The fraction of sp³-hybridized carbons (Fsp3) is 0.433. The van der Waals surface area contributed by atoms with Gasteiger partial charge in [0, 0.05) is 36.3 Å². The molecule has 0 amide bonds. The van der Waals surface area contributed by atoms with Gasteiger partial charge in [-0.2, -0.15) is 13.2 Å². The third-order valence-corrected chi connectivity index (χ3v) is 8.40. The number of nitrogens with zero attached hydrogens (tertiary/aromatic N) is 4. The minimum absolute atomic E-state index is 0.0711. The second-order valence-electron chi connectivity index (χ2n) is 10.9. The monoisotopic (exact) mass is 605 g/mol. The van der Waals surface area contributed by atoms with Crippen molar-refractivity contribution < 1.29 is 27.5 Å². The molecule has 0 saturated heterocycles. The molecular formula is C30H32ClF4N5O2. The first-order valence-corrected chi connectivity index (χ1v) is 14.4. The maximum absolute atomic E-state index is 14.6. The van der Waals surface area contributed by atoms with Crippen molar-refractivity contribution in [3.8, 4) is 11.3 Å². The largest absolute Gasteiger partial charge is 0.490 e. The number of carboxylic acid groups (broad SMARTS) is 1. The minimum atomic E-state index is -5.08. The van der Waals surface area contributed by atoms with E-state index in [0.29, 0.717) is 17.3 Å². The number of nitrogens with one attached hydrogen (secondary N) is 1. The number of carbonyl (C=O) groups is 1. The van der Waals surface area contributed by atoms with Crippen LogP contribution in [0.1, 0.15) is 61.4 Å². The molecule has 1 atom stereocenters. The van der Waals surface area contributed by atoms with Gasteiger partial charge < -0.3 is 10.4 Å². The Labute approximate surface area is 246 Å². The summed E-state index contributed by atoms with van der Waals surface area (Å²) < 4.78 is 48.4. The van der Waals surface area contributed by atoms with Crippen LogP contribution in [0.5, 0.6) is 0 Å². The number of carboxylic acids is 1. The second-order valence-corrected chi connectivity index (χ2v) is 11.3. The highest BCUT2D eigenvalue weighted by molar-refractivity contribution is 6.30. The van der Waals surface area contributed by atoms with E-state index in [4.69, 9.17) is 21.5 Å². The number of anilines is 1. The van der Waals surface area contributed by atoms with Crippen molar-refractivity contribution in [2.75, 3.05) is 18.4 Å². The normalized spacial score (nSPS) is 19.2. The topological polar surface area (TPSA) is 83.3 Å². The number of alkyl halides is 3. The summed E-state index contributed by atoms with van der Waals surface area (Å²) in [5, 5.41) is 19.8. The van der Waals surface area contributed by atoms with Crippen molar-refractivity contribution in [2.24, 2.45) is 0 Å². The van der Waals surface area contributed by atoms with Crippen LogP contribution >= 0.6 is 11.6 Å². The number of benzene rings is 2. The highest BCUT2D eigenvalue weighted by Crippen LogP contribution is 2.40. The summed E-state index contributed by atoms with van der Waals surface area (Å²) >= 11 is 6.19. The Hall–Kier alpha value is -3.44. The molecule has 3 aliphatic rings. The van der Waals surface area contributed by atoms with Gasteiger partial charge in [-0.1, -0.05) is 47.9 Å². The van der Waals surface area contributed by atoms with Crippen LogP contribution < -0.4 is 5.32 Å². The van der Waals surface area contributed by atoms with E-state index in [9.17, 15) is 17.6 Å². The van der Waals surface area contributed by atoms with Crippen molar-refractivity contribution in [1.29, 1.82) is 0 Å². The van der Waals surface area contributed by atoms with E-state index in [0.717, 1.165) is 54.5 Å². The molecule has 0 spiro atoms. The number of fused-ring (bicyclic) bond motifs is 3. The molecule has 3 heterocycles. The number of aliphatic carboxylic acids is 1. The van der Waals surface area contributed by atoms with Gasteiger partial charge in [-0.05, 0) is 73.6 Å². The van der Waals surface area contributed by atoms with E-state index in [1.165, 1.54) is 42.9 Å². The Bertz CT molecular complexity index is 1480. The van der Waals surface area contributed by atoms with Gasteiger partial charge in [0.05, 0.1) is 23.1 Å². The molecule has 42 heavy (non-hydrogen) atoms. The third-order valence-electron chi connectivity index (χ3n) is 8.17. The van der Waals surface area contributed by atoms with E-state index >= 15 is 0 Å². The molecule has 3 aromatic rings. The molecule has 2 N–H and O–H groups in total. The molecule has 2 aromatic carbocycles. The van der Waals surface area contributed by atoms with Crippen molar-refractivity contribution in [3.63, 3.8) is 0 Å². The number of halogens is 5. The first-order valence-electron chi connectivity index (χ1n) is 14.0. The molecule has 2 aliphatic heterocycles. The fourth-order valence-corrected chi connectivity index (χ4v) is 6.23. The van der Waals surface area contributed by atoms with Gasteiger partial charge in [-0.15, -0.1) is 5.10 Å². The zero-order valence-corrected chi connectivity index (χ0v) is 23.9. The molecule has 0 radical (unpaired) electrons. The summed E-state index contributed by atoms with van der Waals surface area (Å²) in [5.41, 5.74) is 7.32. The molecule has 1 aromatic heterocycles. The lowest BCUT2D eigenvalue weighted by Crippen LogP contribution is -2.36. The zero-order valence-electron chi connectivity index (χ0n) is 23.1. The molecule has 1 aliphatic carbocycles. The molecule has 1 unspecified atom stereocenters. The average molecular weight is 606 g/mol. The Kier molecular flexibility index (Phi) is 8.89. The van der Waals surface area contributed by atoms with Crippen LogP contribution in [-0.4, -0.2) is 56.3 Å². The predicted molar refractivity (Wildman–Crippen MR) is 153 cm³/mol. The standard InChI is InChI=1S/C28H31ClFN5.C2HF3O2/c1-18-28-23-8-6-20(19-10-13-34(14-11-19)22-4-2-3-5-22)16-24(23)26(12-15-35(28)33-32-18)31-27-17-21(29)7-9-25(27)30;3-2(4,5)1(6)7/h6-10,16-17,22,26,31H,2-5,11-15H2,1H3;(H,6,7). The maximum atomic E-state index is 14.6. The predicted octanol–water partition coefficient (Wildman–Crippen LogP) is 7.27. The number of rotatable bonds is 4. The molecule has 6 rings (SSSR count). The summed E-state index contributed by atoms with van der Waals surface area (Å²) in [6, 6.07) is 12.1. The lowest BCUT2D eigenvalue weighted by atomic mass is 9.90. The quantitative estimate of drug-likeness (QED) is 0.304. The van der Waals surface area contributed by atoms with E-state index < -0.39 is 12.1 Å². The molecule has 0 bridgehead atoms. The van der Waals surface area contributed by atoms with Crippen LogP contribution in [0.3, 0.4) is 0 Å². The molecule has 7 nitrogen and oxygen atoms in total. The smallest absolute Gasteiger partial charge is 0.475 e. The second kappa shape index (κ2) is 12.4. The number of hydrogen-bond donors (Lipinski definition) is 2. The van der Waals surface area contributed by atoms with Crippen LogP contribution in [0.25, 0.3) is 16.8 Å². The van der Waals surface area contributed by atoms with Gasteiger partial charge in [0.2, 0.25) is 0 Å². The van der Waals surface area contributed by atoms with E-state index in [2.05, 4.69) is 44.8 Å². The summed E-state index contributed by atoms with van der Waals surface area (Å²) in [5.74, 6) is -3.05. The van der Waals surface area contributed by atoms with Gasteiger partial charge in [0.15, 0.2) is 0 Å². The Morgan fingerprint density at radius 2 is 1.83 bits per heavy atom. The molecular weight excluding hydrogens is 574 g/mol. The Balaban J connectivity index is 0.000000451. The Morgan fingerprint density at radius 3 is 2.50 bits per heavy atom. The van der Waals surface area contributed by atoms with E-state index in [1.54, 1.807) is 12.1 Å². The molecule has 1 saturated carbocycles. The molecule has 1 fully saturated rings. The zero-order chi connectivity index (χ0) is 30.0. The van der Waals surface area contributed by atoms with E-state index in [1.807, 2.05) is 11.6 Å². The van der Waals surface area contributed by atoms with Crippen LogP contribution in [0.4, 0.5) is 23.2 Å². The summed E-state index contributed by atoms with van der Waals surface area (Å²) in [6.07, 6.45) is 4.59. The lowest BCUT2D eigenvalue weighted by Gasteiger charge is -2.32. The van der Waals surface area contributed by atoms with Crippen molar-refractivity contribution in [1.82, 2.24) is 19.9 Å². The van der Waals surface area contributed by atoms with E-state index in [-0.39, 0.29) is 11.9 Å². The van der Waals surface area contributed by atoms with Crippen molar-refractivity contribution >= 4 is 28.8 Å². The summed E-state index contributed by atoms with van der Waals surface area (Å²) in [4.78, 5) is 11.5. The summed E-state index contributed by atoms with van der Waals surface area (Å²) in [7, 11) is 0. The highest BCUT2D eigenvalue weighted by Gasteiger charge is 2.38. The van der Waals surface area contributed by atoms with Gasteiger partial charge in [0.1, 0.15) is 5.82 Å². The van der Waals surface area contributed by atoms with Crippen LogP contribution in [0.2, 0.25) is 5.02 Å². The third kappa shape index (κ3) is 6.62. The SMILES string of the molecule is Cc1nnn2c1-c1ccc(C3=CCN(C4CCCC4)CC3)cc1C(Nc1cc(Cl)ccc1F)CC2.O=C(O)C(F)(F)F. The van der Waals surface area contributed by atoms with Gasteiger partial charge in [-0.25, -0.2) is 13.9 Å². The number of aromatic nitrogens is 3. The Morgan fingerprint density at radius 1 is 1.10 bits per heavy atom. The fourth-order valence-electron chi connectivity index (χ4n) is 6.06. The average Bonchev–Trinajstić information content (AvgIpc) is 3.59. The van der Waals surface area contributed by atoms with Crippen LogP contribution in [0, 0.1) is 12.7 Å². The van der Waals surface area contributed by atoms with Gasteiger partial charge in [-0.3, -0.25) is 4.90 Å².